The van der Waals surface area contributed by atoms with Gasteiger partial charge < -0.3 is 10.5 Å². The molecule has 0 saturated heterocycles. The summed E-state index contributed by atoms with van der Waals surface area (Å²) in [6.07, 6.45) is 0.281. The quantitative estimate of drug-likeness (QED) is 0.577. The number of hydrogen-bond acceptors (Lipinski definition) is 3. The van der Waals surface area contributed by atoms with E-state index in [0.717, 1.165) is 5.56 Å². The molecule has 1 aromatic rings. The molecule has 2 N–H and O–H groups in total. The van der Waals surface area contributed by atoms with Gasteiger partial charge in [0.1, 0.15) is 5.92 Å². The van der Waals surface area contributed by atoms with Crippen molar-refractivity contribution < 1.29 is 14.3 Å². The molecule has 0 spiro atoms. The van der Waals surface area contributed by atoms with E-state index < -0.39 is 17.8 Å². The maximum atomic E-state index is 11.2. The second kappa shape index (κ2) is 5.14. The van der Waals surface area contributed by atoms with E-state index in [4.69, 9.17) is 5.73 Å². The molecule has 15 heavy (non-hydrogen) atoms. The molecule has 0 heterocycles. The zero-order valence-electron chi connectivity index (χ0n) is 8.47. The first-order valence-corrected chi connectivity index (χ1v) is 4.56. The van der Waals surface area contributed by atoms with Gasteiger partial charge in [0.2, 0.25) is 5.91 Å². The molecule has 0 aliphatic carbocycles. The molecular formula is C11H13NO3. The number of benzene rings is 1. The first-order chi connectivity index (χ1) is 7.15. The van der Waals surface area contributed by atoms with E-state index in [1.165, 1.54) is 7.11 Å². The molecule has 1 amide bonds. The number of carbonyl (C=O) groups excluding carboxylic acids is 2. The number of rotatable bonds is 4. The molecule has 1 unspecified atom stereocenters. The SMILES string of the molecule is COC(=O)C(Cc1ccccc1)C(N)=O. The number of ether oxygens (including phenoxy) is 1. The normalized spacial score (nSPS) is 11.8. The van der Waals surface area contributed by atoms with Crippen LogP contribution in [0, 0.1) is 5.92 Å². The Bertz CT molecular complexity index is 348. The Morgan fingerprint density at radius 3 is 2.40 bits per heavy atom. The van der Waals surface area contributed by atoms with Crippen LogP contribution in [0.3, 0.4) is 0 Å². The average Bonchev–Trinajstić information content (AvgIpc) is 2.26. The van der Waals surface area contributed by atoms with Gasteiger partial charge in [-0.3, -0.25) is 9.59 Å². The molecule has 4 nitrogen and oxygen atoms in total. The number of hydrogen-bond donors (Lipinski definition) is 1. The van der Waals surface area contributed by atoms with E-state index in [1.807, 2.05) is 30.3 Å². The third kappa shape index (κ3) is 3.09. The van der Waals surface area contributed by atoms with Gasteiger partial charge in [0.25, 0.3) is 0 Å². The molecule has 1 aromatic carbocycles. The molecule has 0 aromatic heterocycles. The lowest BCUT2D eigenvalue weighted by atomic mass is 9.99. The van der Waals surface area contributed by atoms with Crippen molar-refractivity contribution in [3.63, 3.8) is 0 Å². The second-order valence-electron chi connectivity index (χ2n) is 3.17. The van der Waals surface area contributed by atoms with Gasteiger partial charge in [-0.1, -0.05) is 30.3 Å². The topological polar surface area (TPSA) is 69.4 Å². The predicted octanol–water partition coefficient (Wildman–Crippen LogP) is 0.504. The summed E-state index contributed by atoms with van der Waals surface area (Å²) in [4.78, 5) is 22.3. The molecule has 1 rings (SSSR count). The highest BCUT2D eigenvalue weighted by molar-refractivity contribution is 5.97. The summed E-state index contributed by atoms with van der Waals surface area (Å²) < 4.78 is 4.51. The maximum absolute atomic E-state index is 11.2. The molecule has 0 radical (unpaired) electrons. The van der Waals surface area contributed by atoms with Gasteiger partial charge in [-0.15, -0.1) is 0 Å². The van der Waals surface area contributed by atoms with Crippen LogP contribution in [0.15, 0.2) is 30.3 Å². The van der Waals surface area contributed by atoms with Gasteiger partial charge >= 0.3 is 5.97 Å². The van der Waals surface area contributed by atoms with Crippen molar-refractivity contribution >= 4 is 11.9 Å². The molecule has 0 aliphatic heterocycles. The van der Waals surface area contributed by atoms with Gasteiger partial charge in [-0.05, 0) is 12.0 Å². The highest BCUT2D eigenvalue weighted by Crippen LogP contribution is 2.09. The van der Waals surface area contributed by atoms with Crippen LogP contribution in [-0.2, 0) is 20.7 Å². The van der Waals surface area contributed by atoms with Crippen molar-refractivity contribution in [1.29, 1.82) is 0 Å². The third-order valence-corrected chi connectivity index (χ3v) is 2.11. The van der Waals surface area contributed by atoms with Crippen LogP contribution in [0.4, 0.5) is 0 Å². The highest BCUT2D eigenvalue weighted by atomic mass is 16.5. The van der Waals surface area contributed by atoms with Crippen LogP contribution in [0.1, 0.15) is 5.56 Å². The number of methoxy groups -OCH3 is 1. The summed E-state index contributed by atoms with van der Waals surface area (Å²) in [5, 5.41) is 0. The highest BCUT2D eigenvalue weighted by Gasteiger charge is 2.25. The molecule has 0 bridgehead atoms. The van der Waals surface area contributed by atoms with Gasteiger partial charge in [0.15, 0.2) is 0 Å². The number of primary amides is 1. The Kier molecular flexibility index (Phi) is 3.85. The van der Waals surface area contributed by atoms with Crippen molar-refractivity contribution in [2.45, 2.75) is 6.42 Å². The molecule has 4 heteroatoms. The monoisotopic (exact) mass is 207 g/mol. The van der Waals surface area contributed by atoms with Crippen molar-refractivity contribution in [1.82, 2.24) is 0 Å². The first-order valence-electron chi connectivity index (χ1n) is 4.56. The lowest BCUT2D eigenvalue weighted by Crippen LogP contribution is -2.32. The van der Waals surface area contributed by atoms with Crippen LogP contribution < -0.4 is 5.73 Å². The minimum absolute atomic E-state index is 0.281. The van der Waals surface area contributed by atoms with Crippen LogP contribution in [0.25, 0.3) is 0 Å². The van der Waals surface area contributed by atoms with Gasteiger partial charge in [-0.25, -0.2) is 0 Å². The summed E-state index contributed by atoms with van der Waals surface area (Å²) in [5.41, 5.74) is 6.00. The van der Waals surface area contributed by atoms with Crippen molar-refractivity contribution in [3.8, 4) is 0 Å². The van der Waals surface area contributed by atoms with E-state index in [-0.39, 0.29) is 6.42 Å². The summed E-state index contributed by atoms with van der Waals surface area (Å²) in [6.45, 7) is 0. The maximum Gasteiger partial charge on any atom is 0.318 e. The Morgan fingerprint density at radius 2 is 1.93 bits per heavy atom. The van der Waals surface area contributed by atoms with Crippen LogP contribution in [-0.4, -0.2) is 19.0 Å². The van der Waals surface area contributed by atoms with E-state index in [1.54, 1.807) is 0 Å². The van der Waals surface area contributed by atoms with Gasteiger partial charge in [0.05, 0.1) is 7.11 Å². The van der Waals surface area contributed by atoms with Crippen LogP contribution >= 0.6 is 0 Å². The van der Waals surface area contributed by atoms with Gasteiger partial charge in [-0.2, -0.15) is 0 Å². The fourth-order valence-electron chi connectivity index (χ4n) is 1.29. The molecule has 0 saturated carbocycles. The predicted molar refractivity (Wildman–Crippen MR) is 54.8 cm³/mol. The Morgan fingerprint density at radius 1 is 1.33 bits per heavy atom. The van der Waals surface area contributed by atoms with Crippen molar-refractivity contribution in [2.75, 3.05) is 7.11 Å². The van der Waals surface area contributed by atoms with Crippen LogP contribution in [0.2, 0.25) is 0 Å². The summed E-state index contributed by atoms with van der Waals surface area (Å²) >= 11 is 0. The number of nitrogens with two attached hydrogens (primary N) is 1. The number of carbonyl (C=O) groups is 2. The number of esters is 1. The lowest BCUT2D eigenvalue weighted by molar-refractivity contribution is -0.149. The summed E-state index contributed by atoms with van der Waals surface area (Å²) in [7, 11) is 1.24. The molecule has 1 atom stereocenters. The van der Waals surface area contributed by atoms with Crippen LogP contribution in [0.5, 0.6) is 0 Å². The molecule has 0 aliphatic rings. The largest absolute Gasteiger partial charge is 0.468 e. The smallest absolute Gasteiger partial charge is 0.318 e. The first kappa shape index (κ1) is 11.2. The molecular weight excluding hydrogens is 194 g/mol. The average molecular weight is 207 g/mol. The zero-order chi connectivity index (χ0) is 11.3. The Balaban J connectivity index is 2.76. The third-order valence-electron chi connectivity index (χ3n) is 2.11. The fourth-order valence-corrected chi connectivity index (χ4v) is 1.29. The lowest BCUT2D eigenvalue weighted by Gasteiger charge is -2.10. The molecule has 80 valence electrons. The second-order valence-corrected chi connectivity index (χ2v) is 3.17. The van der Waals surface area contributed by atoms with E-state index in [0.29, 0.717) is 0 Å². The van der Waals surface area contributed by atoms with E-state index in [9.17, 15) is 9.59 Å². The van der Waals surface area contributed by atoms with Crippen molar-refractivity contribution in [2.24, 2.45) is 11.7 Å². The summed E-state index contributed by atoms with van der Waals surface area (Å²) in [6, 6.07) is 9.20. The van der Waals surface area contributed by atoms with E-state index in [2.05, 4.69) is 4.74 Å². The Labute approximate surface area is 88.0 Å². The van der Waals surface area contributed by atoms with E-state index >= 15 is 0 Å². The molecule has 0 fully saturated rings. The minimum Gasteiger partial charge on any atom is -0.468 e. The Hall–Kier alpha value is -1.84. The minimum atomic E-state index is -0.905. The standard InChI is InChI=1S/C11H13NO3/c1-15-11(14)9(10(12)13)7-8-5-3-2-4-6-8/h2-6,9H,7H2,1H3,(H2,12,13). The van der Waals surface area contributed by atoms with Gasteiger partial charge in [0, 0.05) is 0 Å². The zero-order valence-corrected chi connectivity index (χ0v) is 8.47. The summed E-state index contributed by atoms with van der Waals surface area (Å²) in [5.74, 6) is -2.16. The van der Waals surface area contributed by atoms with Crippen molar-refractivity contribution in [3.05, 3.63) is 35.9 Å². The number of amides is 1. The fraction of sp³-hybridized carbons (Fsp3) is 0.273.